The molecule has 31 heavy (non-hydrogen) atoms. The first-order valence-corrected chi connectivity index (χ1v) is 10.4. The van der Waals surface area contributed by atoms with Crippen molar-refractivity contribution in [3.05, 3.63) is 89.6 Å². The van der Waals surface area contributed by atoms with Crippen molar-refractivity contribution in [3.8, 4) is 11.3 Å². The Morgan fingerprint density at radius 2 is 2.00 bits per heavy atom. The molecule has 6 rings (SSSR count). The summed E-state index contributed by atoms with van der Waals surface area (Å²) >= 11 is 0. The Morgan fingerprint density at radius 1 is 1.06 bits per heavy atom. The van der Waals surface area contributed by atoms with Gasteiger partial charge < -0.3 is 5.32 Å². The molecule has 0 spiro atoms. The van der Waals surface area contributed by atoms with Crippen molar-refractivity contribution in [1.29, 1.82) is 0 Å². The fraction of sp³-hybridized carbons (Fsp3) is 0.160. The number of hydrogen-bond acceptors (Lipinski definition) is 4. The topological polar surface area (TPSA) is 70.7 Å². The van der Waals surface area contributed by atoms with Crippen LogP contribution in [0.2, 0.25) is 0 Å². The fourth-order valence-corrected chi connectivity index (χ4v) is 5.00. The lowest BCUT2D eigenvalue weighted by Crippen LogP contribution is -2.35. The summed E-state index contributed by atoms with van der Waals surface area (Å²) in [6.07, 6.45) is 6.91. The van der Waals surface area contributed by atoms with E-state index in [0.29, 0.717) is 12.0 Å². The zero-order chi connectivity index (χ0) is 20.9. The number of nitrogens with one attached hydrogen (secondary N) is 2. The van der Waals surface area contributed by atoms with Crippen molar-refractivity contribution < 1.29 is 9.18 Å². The quantitative estimate of drug-likeness (QED) is 0.477. The minimum Gasteiger partial charge on any atom is -0.358 e. The number of Topliss-reactive ketones (excluding diaryl/α,β-unsaturated/α-hetero) is 1. The summed E-state index contributed by atoms with van der Waals surface area (Å²) in [6.45, 7) is 0. The first kappa shape index (κ1) is 18.0. The van der Waals surface area contributed by atoms with Crippen LogP contribution in [0.4, 0.5) is 10.1 Å². The van der Waals surface area contributed by atoms with Crippen molar-refractivity contribution in [3.63, 3.8) is 0 Å². The van der Waals surface area contributed by atoms with E-state index in [9.17, 15) is 9.18 Å². The number of aromatic amines is 1. The maximum Gasteiger partial charge on any atom is 0.143 e. The molecule has 3 heterocycles. The number of carbonyl (C=O) groups excluding carboxylic acids is 1. The number of hydrogen-bond donors (Lipinski definition) is 2. The van der Waals surface area contributed by atoms with Crippen LogP contribution in [0.15, 0.2) is 72.7 Å². The molecule has 1 aliphatic heterocycles. The third kappa shape index (κ3) is 2.79. The third-order valence-electron chi connectivity index (χ3n) is 6.30. The van der Waals surface area contributed by atoms with Crippen LogP contribution in [0.1, 0.15) is 29.9 Å². The number of allylic oxidation sites excluding steroid dienone is 2. The number of pyridine rings is 1. The van der Waals surface area contributed by atoms with Crippen molar-refractivity contribution in [2.45, 2.75) is 18.8 Å². The van der Waals surface area contributed by atoms with Crippen LogP contribution < -0.4 is 5.32 Å². The molecule has 2 N–H and O–H groups in total. The molecule has 6 heteroatoms. The molecule has 152 valence electrons. The zero-order valence-electron chi connectivity index (χ0n) is 16.6. The van der Waals surface area contributed by atoms with E-state index < -0.39 is 0 Å². The third-order valence-corrected chi connectivity index (χ3v) is 6.30. The smallest absolute Gasteiger partial charge is 0.143 e. The number of benzene rings is 2. The van der Waals surface area contributed by atoms with Gasteiger partial charge in [0.05, 0.1) is 23.3 Å². The Hall–Kier alpha value is -3.80. The highest BCUT2D eigenvalue weighted by Crippen LogP contribution is 2.50. The zero-order valence-corrected chi connectivity index (χ0v) is 16.6. The molecule has 0 amide bonds. The number of anilines is 1. The van der Waals surface area contributed by atoms with Gasteiger partial charge in [-0.05, 0) is 42.3 Å². The Kier molecular flexibility index (Phi) is 3.99. The molecule has 5 nitrogen and oxygen atoms in total. The molecule has 0 radical (unpaired) electrons. The van der Waals surface area contributed by atoms with Crippen LogP contribution in [0.5, 0.6) is 0 Å². The molecule has 4 aromatic rings. The maximum atomic E-state index is 14.0. The molecule has 0 fully saturated rings. The number of halogens is 1. The van der Waals surface area contributed by atoms with Gasteiger partial charge >= 0.3 is 0 Å². The number of rotatable bonds is 2. The highest BCUT2D eigenvalue weighted by Gasteiger charge is 2.42. The summed E-state index contributed by atoms with van der Waals surface area (Å²) in [5.74, 6) is -0.696. The molecular formula is C25H19FN4O. The molecule has 1 aliphatic carbocycles. The van der Waals surface area contributed by atoms with Crippen LogP contribution in [-0.4, -0.2) is 21.0 Å². The van der Waals surface area contributed by atoms with Crippen LogP contribution in [0.25, 0.3) is 22.2 Å². The number of aromatic nitrogens is 3. The van der Waals surface area contributed by atoms with Gasteiger partial charge in [-0.2, -0.15) is 5.10 Å². The number of carbonyl (C=O) groups is 1. The minimum absolute atomic E-state index is 0.202. The Bertz CT molecular complexity index is 1370. The van der Waals surface area contributed by atoms with E-state index in [0.717, 1.165) is 45.5 Å². The number of ketones is 1. The van der Waals surface area contributed by atoms with Crippen molar-refractivity contribution >= 4 is 22.4 Å². The van der Waals surface area contributed by atoms with Crippen molar-refractivity contribution in [2.24, 2.45) is 5.92 Å². The summed E-state index contributed by atoms with van der Waals surface area (Å²) in [6, 6.07) is 14.4. The predicted octanol–water partition coefficient (Wildman–Crippen LogP) is 5.18. The van der Waals surface area contributed by atoms with E-state index in [1.807, 2.05) is 30.3 Å². The molecule has 0 saturated carbocycles. The highest BCUT2D eigenvalue weighted by molar-refractivity contribution is 5.96. The van der Waals surface area contributed by atoms with Gasteiger partial charge in [0.1, 0.15) is 11.6 Å². The van der Waals surface area contributed by atoms with E-state index in [2.05, 4.69) is 26.6 Å². The lowest BCUT2D eigenvalue weighted by atomic mass is 9.70. The van der Waals surface area contributed by atoms with Crippen LogP contribution in [0.3, 0.4) is 0 Å². The molecule has 0 saturated heterocycles. The molecule has 2 unspecified atom stereocenters. The molecule has 0 bridgehead atoms. The minimum atomic E-state index is -0.336. The average Bonchev–Trinajstić information content (AvgIpc) is 3.27. The Balaban J connectivity index is 1.65. The van der Waals surface area contributed by atoms with Gasteiger partial charge in [0.25, 0.3) is 0 Å². The molecule has 2 atom stereocenters. The second-order valence-electron chi connectivity index (χ2n) is 8.05. The van der Waals surface area contributed by atoms with Gasteiger partial charge in [0.15, 0.2) is 0 Å². The Labute approximate surface area is 178 Å². The summed E-state index contributed by atoms with van der Waals surface area (Å²) in [7, 11) is 0. The first-order chi connectivity index (χ1) is 15.2. The first-order valence-electron chi connectivity index (χ1n) is 10.4. The highest BCUT2D eigenvalue weighted by atomic mass is 19.1. The number of nitrogens with zero attached hydrogens (tertiary/aromatic N) is 2. The Morgan fingerprint density at radius 3 is 2.90 bits per heavy atom. The lowest BCUT2D eigenvalue weighted by Gasteiger charge is -2.38. The summed E-state index contributed by atoms with van der Waals surface area (Å²) in [5, 5.41) is 11.9. The summed E-state index contributed by atoms with van der Waals surface area (Å²) in [5.41, 5.74) is 6.13. The SMILES string of the molecule is O=C1CCC=C2Nc3ccc4ncccc4c3C(c3cn[nH]c3-c3cccc(F)c3)C12. The lowest BCUT2D eigenvalue weighted by molar-refractivity contribution is -0.122. The van der Waals surface area contributed by atoms with E-state index in [1.54, 1.807) is 18.5 Å². The van der Waals surface area contributed by atoms with E-state index in [1.165, 1.54) is 12.1 Å². The standard InChI is InChI=1S/C25H19FN4O/c26-15-5-1-4-14(12-15)25-17(13-28-30-25)23-22-16-6-3-11-27-18(16)9-10-20(22)29-19-7-2-8-21(31)24(19)23/h1,3-7,9-13,23-24,29H,2,8H2,(H,28,30). The van der Waals surface area contributed by atoms with Crippen LogP contribution >= 0.6 is 0 Å². The fourth-order valence-electron chi connectivity index (χ4n) is 5.00. The summed E-state index contributed by atoms with van der Waals surface area (Å²) in [4.78, 5) is 17.7. The van der Waals surface area contributed by atoms with Gasteiger partial charge in [-0.3, -0.25) is 14.9 Å². The van der Waals surface area contributed by atoms with Crippen molar-refractivity contribution in [2.75, 3.05) is 5.32 Å². The monoisotopic (exact) mass is 410 g/mol. The summed E-state index contributed by atoms with van der Waals surface area (Å²) < 4.78 is 14.0. The largest absolute Gasteiger partial charge is 0.358 e. The second-order valence-corrected chi connectivity index (χ2v) is 8.05. The van der Waals surface area contributed by atoms with Crippen LogP contribution in [-0.2, 0) is 4.79 Å². The second kappa shape index (κ2) is 6.87. The van der Waals surface area contributed by atoms with Crippen molar-refractivity contribution in [1.82, 2.24) is 15.2 Å². The molecular weight excluding hydrogens is 391 g/mol. The predicted molar refractivity (Wildman–Crippen MR) is 117 cm³/mol. The normalized spacial score (nSPS) is 20.0. The molecule has 2 aromatic carbocycles. The van der Waals surface area contributed by atoms with Gasteiger partial charge in [0, 0.05) is 46.4 Å². The number of fused-ring (bicyclic) bond motifs is 4. The van der Waals surface area contributed by atoms with Gasteiger partial charge in [-0.1, -0.05) is 24.3 Å². The van der Waals surface area contributed by atoms with Gasteiger partial charge in [-0.25, -0.2) is 4.39 Å². The van der Waals surface area contributed by atoms with E-state index >= 15 is 0 Å². The molecule has 2 aromatic heterocycles. The van der Waals surface area contributed by atoms with E-state index in [4.69, 9.17) is 0 Å². The van der Waals surface area contributed by atoms with Crippen LogP contribution in [0, 0.1) is 11.7 Å². The van der Waals surface area contributed by atoms with Gasteiger partial charge in [0.2, 0.25) is 0 Å². The van der Waals surface area contributed by atoms with E-state index in [-0.39, 0.29) is 23.4 Å². The maximum absolute atomic E-state index is 14.0. The van der Waals surface area contributed by atoms with Gasteiger partial charge in [-0.15, -0.1) is 0 Å². The average molecular weight is 410 g/mol. The molecule has 2 aliphatic rings. The number of H-pyrrole nitrogens is 1.